The molecule has 110 valence electrons. The zero-order chi connectivity index (χ0) is 15.2. The van der Waals surface area contributed by atoms with Crippen molar-refractivity contribution in [3.63, 3.8) is 0 Å². The molecule has 1 amide bonds. The van der Waals surface area contributed by atoms with Crippen molar-refractivity contribution in [2.45, 2.75) is 26.8 Å². The number of carbonyl (C=O) groups is 1. The topological polar surface area (TPSA) is 41.1 Å². The molecule has 0 fully saturated rings. The third-order valence-electron chi connectivity index (χ3n) is 3.26. The summed E-state index contributed by atoms with van der Waals surface area (Å²) in [7, 11) is 0. The van der Waals surface area contributed by atoms with Crippen LogP contribution >= 0.6 is 11.6 Å². The van der Waals surface area contributed by atoms with Crippen molar-refractivity contribution in [3.05, 3.63) is 58.6 Å². The molecule has 0 aliphatic heterocycles. The van der Waals surface area contributed by atoms with Crippen molar-refractivity contribution in [2.24, 2.45) is 0 Å². The minimum atomic E-state index is 0.0145. The summed E-state index contributed by atoms with van der Waals surface area (Å²) in [6, 6.07) is 13.6. The molecular formula is C17H19ClN2O. The molecule has 0 unspecified atom stereocenters. The van der Waals surface area contributed by atoms with E-state index < -0.39 is 0 Å². The van der Waals surface area contributed by atoms with Crippen LogP contribution in [-0.4, -0.2) is 5.91 Å². The van der Waals surface area contributed by atoms with E-state index in [2.05, 4.69) is 10.6 Å². The molecule has 0 radical (unpaired) electrons. The van der Waals surface area contributed by atoms with E-state index in [4.69, 9.17) is 11.6 Å². The highest BCUT2D eigenvalue weighted by Gasteiger charge is 2.02. The fraction of sp³-hybridized carbons (Fsp3) is 0.235. The Morgan fingerprint density at radius 2 is 1.90 bits per heavy atom. The van der Waals surface area contributed by atoms with E-state index in [1.807, 2.05) is 56.3 Å². The van der Waals surface area contributed by atoms with Crippen LogP contribution in [0.3, 0.4) is 0 Å². The number of benzene rings is 2. The Morgan fingerprint density at radius 3 is 2.62 bits per heavy atom. The highest BCUT2D eigenvalue weighted by molar-refractivity contribution is 6.30. The number of hydrogen-bond acceptors (Lipinski definition) is 2. The molecule has 0 saturated heterocycles. The Morgan fingerprint density at radius 1 is 1.14 bits per heavy atom. The predicted molar refractivity (Wildman–Crippen MR) is 88.9 cm³/mol. The quantitative estimate of drug-likeness (QED) is 0.847. The first-order valence-electron chi connectivity index (χ1n) is 6.97. The smallest absolute Gasteiger partial charge is 0.224 e. The minimum absolute atomic E-state index is 0.0145. The van der Waals surface area contributed by atoms with E-state index >= 15 is 0 Å². The van der Waals surface area contributed by atoms with Gasteiger partial charge in [-0.25, -0.2) is 0 Å². The first-order chi connectivity index (χ1) is 10.1. The van der Waals surface area contributed by atoms with Crippen molar-refractivity contribution in [1.82, 2.24) is 0 Å². The number of rotatable bonds is 5. The van der Waals surface area contributed by atoms with Crippen LogP contribution in [0.5, 0.6) is 0 Å². The molecule has 0 bridgehead atoms. The first kappa shape index (κ1) is 15.4. The van der Waals surface area contributed by atoms with Crippen LogP contribution in [0.25, 0.3) is 0 Å². The van der Waals surface area contributed by atoms with Gasteiger partial charge in [-0.3, -0.25) is 4.79 Å². The largest absolute Gasteiger partial charge is 0.381 e. The fourth-order valence-electron chi connectivity index (χ4n) is 2.01. The molecule has 0 aliphatic carbocycles. The van der Waals surface area contributed by atoms with Crippen molar-refractivity contribution in [1.29, 1.82) is 0 Å². The average Bonchev–Trinajstić information content (AvgIpc) is 2.46. The summed E-state index contributed by atoms with van der Waals surface area (Å²) in [5, 5.41) is 6.96. The zero-order valence-electron chi connectivity index (χ0n) is 12.2. The molecule has 2 aromatic rings. The summed E-state index contributed by atoms with van der Waals surface area (Å²) < 4.78 is 0. The third kappa shape index (κ3) is 4.50. The van der Waals surface area contributed by atoms with Gasteiger partial charge in [0.05, 0.1) is 0 Å². The molecule has 0 spiro atoms. The van der Waals surface area contributed by atoms with Gasteiger partial charge in [-0.05, 0) is 48.4 Å². The van der Waals surface area contributed by atoms with E-state index in [0.29, 0.717) is 13.0 Å². The van der Waals surface area contributed by atoms with Crippen LogP contribution in [0.15, 0.2) is 42.5 Å². The van der Waals surface area contributed by atoms with Gasteiger partial charge in [0.1, 0.15) is 0 Å². The second kappa shape index (κ2) is 7.14. The lowest BCUT2D eigenvalue weighted by Gasteiger charge is -2.11. The molecule has 2 aromatic carbocycles. The number of amides is 1. The van der Waals surface area contributed by atoms with Crippen molar-refractivity contribution in [2.75, 3.05) is 10.6 Å². The van der Waals surface area contributed by atoms with E-state index in [9.17, 15) is 4.79 Å². The van der Waals surface area contributed by atoms with E-state index in [-0.39, 0.29) is 5.91 Å². The normalized spacial score (nSPS) is 10.2. The number of carbonyl (C=O) groups excluding carboxylic acids is 1. The molecule has 4 heteroatoms. The first-order valence-corrected chi connectivity index (χ1v) is 7.35. The number of halogens is 1. The molecule has 0 heterocycles. The maximum absolute atomic E-state index is 11.4. The van der Waals surface area contributed by atoms with Crippen LogP contribution < -0.4 is 10.6 Å². The van der Waals surface area contributed by atoms with Crippen molar-refractivity contribution in [3.8, 4) is 0 Å². The molecule has 0 aliphatic rings. The van der Waals surface area contributed by atoms with Crippen LogP contribution in [0.4, 0.5) is 11.4 Å². The second-order valence-electron chi connectivity index (χ2n) is 4.91. The lowest BCUT2D eigenvalue weighted by molar-refractivity contribution is -0.115. The number of nitrogens with one attached hydrogen (secondary N) is 2. The molecule has 0 atom stereocenters. The highest BCUT2D eigenvalue weighted by atomic mass is 35.5. The Labute approximate surface area is 130 Å². The molecule has 2 rings (SSSR count). The van der Waals surface area contributed by atoms with Crippen LogP contribution in [0.1, 0.15) is 24.5 Å². The Kier molecular flexibility index (Phi) is 5.23. The van der Waals surface area contributed by atoms with Gasteiger partial charge >= 0.3 is 0 Å². The van der Waals surface area contributed by atoms with Gasteiger partial charge in [0.2, 0.25) is 5.91 Å². The summed E-state index contributed by atoms with van der Waals surface area (Å²) in [6.07, 6.45) is 0.474. The Balaban J connectivity index is 2.03. The van der Waals surface area contributed by atoms with E-state index in [1.54, 1.807) is 0 Å². The summed E-state index contributed by atoms with van der Waals surface area (Å²) in [4.78, 5) is 11.4. The summed E-state index contributed by atoms with van der Waals surface area (Å²) in [6.45, 7) is 4.59. The van der Waals surface area contributed by atoms with Crippen LogP contribution in [-0.2, 0) is 11.3 Å². The average molecular weight is 303 g/mol. The second-order valence-corrected chi connectivity index (χ2v) is 5.34. The maximum Gasteiger partial charge on any atom is 0.224 e. The van der Waals surface area contributed by atoms with Gasteiger partial charge in [-0.1, -0.05) is 30.7 Å². The fourth-order valence-corrected chi connectivity index (χ4v) is 2.24. The van der Waals surface area contributed by atoms with Gasteiger partial charge in [0.15, 0.2) is 0 Å². The predicted octanol–water partition coefficient (Wildman–Crippen LogP) is 4.61. The minimum Gasteiger partial charge on any atom is -0.381 e. The monoisotopic (exact) mass is 302 g/mol. The zero-order valence-corrected chi connectivity index (χ0v) is 13.0. The summed E-state index contributed by atoms with van der Waals surface area (Å²) >= 11 is 5.96. The Bertz CT molecular complexity index is 640. The van der Waals surface area contributed by atoms with Gasteiger partial charge in [-0.15, -0.1) is 0 Å². The molecule has 2 N–H and O–H groups in total. The number of anilines is 2. The maximum atomic E-state index is 11.4. The molecule has 0 saturated carbocycles. The van der Waals surface area contributed by atoms with Gasteiger partial charge in [-0.2, -0.15) is 0 Å². The number of hydrogen-bond donors (Lipinski definition) is 2. The molecular weight excluding hydrogens is 284 g/mol. The molecule has 0 aromatic heterocycles. The third-order valence-corrected chi connectivity index (χ3v) is 3.49. The van der Waals surface area contributed by atoms with E-state index in [0.717, 1.165) is 22.0 Å². The van der Waals surface area contributed by atoms with Gasteiger partial charge < -0.3 is 10.6 Å². The van der Waals surface area contributed by atoms with Crippen molar-refractivity contribution < 1.29 is 4.79 Å². The van der Waals surface area contributed by atoms with Crippen LogP contribution in [0.2, 0.25) is 5.02 Å². The van der Waals surface area contributed by atoms with E-state index in [1.165, 1.54) is 5.56 Å². The highest BCUT2D eigenvalue weighted by Crippen LogP contribution is 2.19. The lowest BCUT2D eigenvalue weighted by Crippen LogP contribution is -2.09. The van der Waals surface area contributed by atoms with Gasteiger partial charge in [0.25, 0.3) is 0 Å². The number of aryl methyl sites for hydroxylation is 1. The summed E-state index contributed by atoms with van der Waals surface area (Å²) in [5.41, 5.74) is 4.13. The summed E-state index contributed by atoms with van der Waals surface area (Å²) in [5.74, 6) is 0.0145. The van der Waals surface area contributed by atoms with Crippen LogP contribution in [0, 0.1) is 6.92 Å². The molecule has 3 nitrogen and oxygen atoms in total. The standard InChI is InChI=1S/C17H19ClN2O/c1-3-17(21)20-16-6-4-5-15(10-16)19-11-13-7-8-14(18)9-12(13)2/h4-10,19H,3,11H2,1-2H3,(H,20,21). The van der Waals surface area contributed by atoms with Gasteiger partial charge in [0, 0.05) is 29.4 Å². The van der Waals surface area contributed by atoms with Crippen molar-refractivity contribution >= 4 is 28.9 Å². The molecule has 21 heavy (non-hydrogen) atoms. The Hall–Kier alpha value is -2.00. The lowest BCUT2D eigenvalue weighted by atomic mass is 10.1. The SMILES string of the molecule is CCC(=O)Nc1cccc(NCc2ccc(Cl)cc2C)c1.